The Morgan fingerprint density at radius 1 is 1.06 bits per heavy atom. The average molecular weight is 430 g/mol. The second-order valence-electron chi connectivity index (χ2n) is 6.62. The zero-order chi connectivity index (χ0) is 22.8. The molecule has 0 aliphatic carbocycles. The van der Waals surface area contributed by atoms with Gasteiger partial charge >= 0.3 is 11.9 Å². The third kappa shape index (κ3) is 6.82. The summed E-state index contributed by atoms with van der Waals surface area (Å²) in [6, 6.07) is 18.3. The van der Waals surface area contributed by atoms with E-state index in [1.807, 2.05) is 36.4 Å². The normalized spacial score (nSPS) is 11.5. The molecule has 1 atom stereocenters. The summed E-state index contributed by atoms with van der Waals surface area (Å²) in [4.78, 5) is 18.2. The molecule has 0 radical (unpaired) electrons. The number of nitrogens with zero attached hydrogens (tertiary/aromatic N) is 1. The van der Waals surface area contributed by atoms with Crippen molar-refractivity contribution in [3.63, 3.8) is 0 Å². The minimum atomic E-state index is -1.82. The van der Waals surface area contributed by atoms with E-state index >= 15 is 0 Å². The molecule has 0 aliphatic rings. The lowest BCUT2D eigenvalue weighted by molar-refractivity contribution is -0.159. The van der Waals surface area contributed by atoms with Crippen molar-refractivity contribution in [3.05, 3.63) is 54.6 Å². The number of hydrogen-bond acceptors (Lipinski definition) is 6. The first-order valence-corrected chi connectivity index (χ1v) is 9.56. The van der Waals surface area contributed by atoms with Crippen molar-refractivity contribution in [2.75, 3.05) is 26.8 Å². The monoisotopic (exact) mass is 430 g/mol. The Balaban J connectivity index is 0.000000501. The fraction of sp³-hybridized carbons (Fsp3) is 0.273. The molecule has 9 nitrogen and oxygen atoms in total. The molecule has 2 aromatic carbocycles. The van der Waals surface area contributed by atoms with Crippen molar-refractivity contribution in [1.29, 1.82) is 0 Å². The molecule has 0 amide bonds. The molecule has 0 bridgehead atoms. The van der Waals surface area contributed by atoms with Crippen LogP contribution in [0, 0.1) is 0 Å². The first kappa shape index (κ1) is 23.9. The zero-order valence-electron chi connectivity index (χ0n) is 17.1. The van der Waals surface area contributed by atoms with Crippen molar-refractivity contribution in [3.8, 4) is 17.0 Å². The topological polar surface area (TPSA) is 141 Å². The van der Waals surface area contributed by atoms with E-state index in [-0.39, 0.29) is 6.61 Å². The lowest BCUT2D eigenvalue weighted by Crippen LogP contribution is -2.32. The summed E-state index contributed by atoms with van der Waals surface area (Å²) in [5.41, 5.74) is 3.23. The van der Waals surface area contributed by atoms with Gasteiger partial charge in [-0.1, -0.05) is 18.2 Å². The van der Waals surface area contributed by atoms with Crippen LogP contribution in [0.4, 0.5) is 0 Å². The highest BCUT2D eigenvalue weighted by molar-refractivity contribution is 6.27. The van der Waals surface area contributed by atoms with Gasteiger partial charge in [0.2, 0.25) is 0 Å². The molecule has 5 N–H and O–H groups in total. The van der Waals surface area contributed by atoms with E-state index in [2.05, 4.69) is 28.1 Å². The van der Waals surface area contributed by atoms with Gasteiger partial charge in [0, 0.05) is 29.7 Å². The van der Waals surface area contributed by atoms with E-state index in [1.54, 1.807) is 7.11 Å². The maximum Gasteiger partial charge on any atom is 0.414 e. The summed E-state index contributed by atoms with van der Waals surface area (Å²) in [5.74, 6) is -2.83. The molecule has 9 heteroatoms. The standard InChI is InChI=1S/C20H24N2O3.C2H2O4/c1-25-18-8-6-15(7-9-18)20-12-16-4-2-3-5-19(16)22(20)14-17(24)13-21-10-11-23;3-1(4)2(5)6/h2-9,12,17,21,23-24H,10-11,13-14H2,1H3;(H,3,4)(H,5,6). The minimum absolute atomic E-state index is 0.0657. The molecule has 0 spiro atoms. The second kappa shape index (κ2) is 11.7. The summed E-state index contributed by atoms with van der Waals surface area (Å²) < 4.78 is 7.38. The number of aliphatic hydroxyl groups excluding tert-OH is 2. The number of fused-ring (bicyclic) bond motifs is 1. The largest absolute Gasteiger partial charge is 0.497 e. The Morgan fingerprint density at radius 3 is 2.29 bits per heavy atom. The number of aliphatic carboxylic acids is 2. The predicted octanol–water partition coefficient (Wildman–Crippen LogP) is 1.42. The summed E-state index contributed by atoms with van der Waals surface area (Å²) >= 11 is 0. The van der Waals surface area contributed by atoms with Crippen molar-refractivity contribution < 1.29 is 34.8 Å². The molecule has 31 heavy (non-hydrogen) atoms. The Labute approximate surface area is 179 Å². The van der Waals surface area contributed by atoms with Crippen LogP contribution in [-0.2, 0) is 16.1 Å². The summed E-state index contributed by atoms with van der Waals surface area (Å²) in [6.07, 6.45) is -0.542. The van der Waals surface area contributed by atoms with Crippen molar-refractivity contribution in [2.45, 2.75) is 12.6 Å². The number of para-hydroxylation sites is 1. The lowest BCUT2D eigenvalue weighted by Gasteiger charge is -2.16. The van der Waals surface area contributed by atoms with Crippen molar-refractivity contribution in [2.24, 2.45) is 0 Å². The molecule has 0 fully saturated rings. The smallest absolute Gasteiger partial charge is 0.414 e. The van der Waals surface area contributed by atoms with Crippen LogP contribution in [0.15, 0.2) is 54.6 Å². The van der Waals surface area contributed by atoms with Gasteiger partial charge in [-0.05, 0) is 42.0 Å². The van der Waals surface area contributed by atoms with E-state index in [9.17, 15) is 5.11 Å². The molecule has 1 aromatic heterocycles. The van der Waals surface area contributed by atoms with Gasteiger partial charge in [0.1, 0.15) is 5.75 Å². The maximum atomic E-state index is 10.4. The molecule has 0 aliphatic heterocycles. The minimum Gasteiger partial charge on any atom is -0.497 e. The highest BCUT2D eigenvalue weighted by atomic mass is 16.5. The van der Waals surface area contributed by atoms with Crippen LogP contribution in [0.5, 0.6) is 5.75 Å². The third-order valence-corrected chi connectivity index (χ3v) is 4.44. The lowest BCUT2D eigenvalue weighted by atomic mass is 10.1. The van der Waals surface area contributed by atoms with Gasteiger partial charge in [-0.15, -0.1) is 0 Å². The molecule has 3 rings (SSSR count). The van der Waals surface area contributed by atoms with Crippen LogP contribution in [0.2, 0.25) is 0 Å². The molecule has 0 saturated heterocycles. The number of benzene rings is 2. The van der Waals surface area contributed by atoms with E-state index in [1.165, 1.54) is 0 Å². The molecule has 1 unspecified atom stereocenters. The van der Waals surface area contributed by atoms with Crippen LogP contribution in [0.1, 0.15) is 0 Å². The predicted molar refractivity (Wildman–Crippen MR) is 115 cm³/mol. The molecule has 3 aromatic rings. The van der Waals surface area contributed by atoms with Crippen LogP contribution in [0.3, 0.4) is 0 Å². The Hall–Kier alpha value is -3.40. The number of carboxylic acids is 2. The van der Waals surface area contributed by atoms with Gasteiger partial charge in [0.15, 0.2) is 0 Å². The number of methoxy groups -OCH3 is 1. The Morgan fingerprint density at radius 2 is 1.71 bits per heavy atom. The molecule has 1 heterocycles. The number of hydrogen-bond donors (Lipinski definition) is 5. The Kier molecular flexibility index (Phi) is 9.01. The van der Waals surface area contributed by atoms with E-state index < -0.39 is 18.0 Å². The summed E-state index contributed by atoms with van der Waals surface area (Å²) in [7, 11) is 1.65. The summed E-state index contributed by atoms with van der Waals surface area (Å²) in [6.45, 7) is 1.47. The van der Waals surface area contributed by atoms with Crippen LogP contribution < -0.4 is 10.1 Å². The van der Waals surface area contributed by atoms with E-state index in [0.29, 0.717) is 19.6 Å². The summed E-state index contributed by atoms with van der Waals surface area (Å²) in [5, 5.41) is 38.2. The maximum absolute atomic E-state index is 10.4. The van der Waals surface area contributed by atoms with Gasteiger partial charge in [-0.2, -0.15) is 0 Å². The third-order valence-electron chi connectivity index (χ3n) is 4.44. The number of nitrogens with one attached hydrogen (secondary N) is 1. The SMILES string of the molecule is COc1ccc(-c2cc3ccccc3n2CC(O)CNCCO)cc1.O=C(O)C(=O)O. The van der Waals surface area contributed by atoms with Gasteiger partial charge in [0.05, 0.1) is 26.4 Å². The second-order valence-corrected chi connectivity index (χ2v) is 6.62. The number of aromatic nitrogens is 1. The van der Waals surface area contributed by atoms with E-state index in [4.69, 9.17) is 29.6 Å². The van der Waals surface area contributed by atoms with Gasteiger partial charge < -0.3 is 35.0 Å². The fourth-order valence-corrected chi connectivity index (χ4v) is 3.03. The van der Waals surface area contributed by atoms with Crippen LogP contribution in [0.25, 0.3) is 22.2 Å². The number of carbonyl (C=O) groups is 2. The van der Waals surface area contributed by atoms with E-state index in [0.717, 1.165) is 27.9 Å². The fourth-order valence-electron chi connectivity index (χ4n) is 3.03. The first-order chi connectivity index (χ1) is 14.9. The molecular weight excluding hydrogens is 404 g/mol. The first-order valence-electron chi connectivity index (χ1n) is 9.56. The van der Waals surface area contributed by atoms with Crippen LogP contribution in [-0.4, -0.2) is 69.8 Å². The van der Waals surface area contributed by atoms with Crippen molar-refractivity contribution in [1.82, 2.24) is 9.88 Å². The average Bonchev–Trinajstić information content (AvgIpc) is 3.12. The highest BCUT2D eigenvalue weighted by Crippen LogP contribution is 2.29. The number of aliphatic hydroxyl groups is 2. The number of rotatable bonds is 8. The number of ether oxygens (including phenoxy) is 1. The zero-order valence-corrected chi connectivity index (χ0v) is 17.1. The van der Waals surface area contributed by atoms with Gasteiger partial charge in [-0.3, -0.25) is 0 Å². The molecule has 0 saturated carbocycles. The van der Waals surface area contributed by atoms with Crippen molar-refractivity contribution >= 4 is 22.8 Å². The molecular formula is C22H26N2O7. The molecule has 166 valence electrons. The highest BCUT2D eigenvalue weighted by Gasteiger charge is 2.14. The number of carboxylic acid groups (broad SMARTS) is 2. The van der Waals surface area contributed by atoms with Gasteiger partial charge in [-0.25, -0.2) is 9.59 Å². The van der Waals surface area contributed by atoms with Crippen LogP contribution >= 0.6 is 0 Å². The quantitative estimate of drug-likeness (QED) is 0.267. The Bertz CT molecular complexity index is 987. The van der Waals surface area contributed by atoms with Gasteiger partial charge in [0.25, 0.3) is 0 Å².